The van der Waals surface area contributed by atoms with Crippen LogP contribution in [-0.2, 0) is 11.2 Å². The number of aliphatic imine (C=N–C) groups is 1. The van der Waals surface area contributed by atoms with Gasteiger partial charge in [0, 0.05) is 38.6 Å². The van der Waals surface area contributed by atoms with Crippen molar-refractivity contribution in [3.05, 3.63) is 11.7 Å². The summed E-state index contributed by atoms with van der Waals surface area (Å²) in [5.74, 6) is 3.26. The van der Waals surface area contributed by atoms with Crippen LogP contribution < -0.4 is 10.6 Å². The first kappa shape index (κ1) is 25.1. The molecule has 1 aliphatic carbocycles. The van der Waals surface area contributed by atoms with Crippen LogP contribution in [0.3, 0.4) is 0 Å². The van der Waals surface area contributed by atoms with E-state index in [1.807, 2.05) is 0 Å². The Morgan fingerprint density at radius 2 is 2.00 bits per heavy atom. The molecule has 0 spiro atoms. The molecular formula is C20H38IN5O2. The fraction of sp³-hybridized carbons (Fsp3) is 0.850. The van der Waals surface area contributed by atoms with Gasteiger partial charge in [0.05, 0.1) is 6.10 Å². The van der Waals surface area contributed by atoms with Gasteiger partial charge >= 0.3 is 0 Å². The van der Waals surface area contributed by atoms with E-state index in [9.17, 15) is 0 Å². The molecule has 1 heterocycles. The van der Waals surface area contributed by atoms with Gasteiger partial charge in [-0.25, -0.2) is 0 Å². The zero-order valence-corrected chi connectivity index (χ0v) is 20.2. The van der Waals surface area contributed by atoms with E-state index < -0.39 is 0 Å². The van der Waals surface area contributed by atoms with Crippen molar-refractivity contribution < 1.29 is 9.26 Å². The Labute approximate surface area is 186 Å². The van der Waals surface area contributed by atoms with Crippen LogP contribution in [-0.4, -0.2) is 48.4 Å². The minimum atomic E-state index is 0. The molecule has 7 nitrogen and oxygen atoms in total. The van der Waals surface area contributed by atoms with Crippen molar-refractivity contribution >= 4 is 29.9 Å². The first-order valence-electron chi connectivity index (χ1n) is 10.6. The molecule has 28 heavy (non-hydrogen) atoms. The average Bonchev–Trinajstić information content (AvgIpc) is 3.33. The zero-order chi connectivity index (χ0) is 19.5. The highest BCUT2D eigenvalue weighted by molar-refractivity contribution is 14.0. The number of nitrogens with zero attached hydrogens (tertiary/aromatic N) is 3. The van der Waals surface area contributed by atoms with Gasteiger partial charge in [-0.2, -0.15) is 4.98 Å². The van der Waals surface area contributed by atoms with Gasteiger partial charge in [-0.3, -0.25) is 4.99 Å². The summed E-state index contributed by atoms with van der Waals surface area (Å²) < 4.78 is 11.3. The van der Waals surface area contributed by atoms with Gasteiger partial charge in [0.25, 0.3) is 0 Å². The van der Waals surface area contributed by atoms with Gasteiger partial charge in [-0.15, -0.1) is 24.0 Å². The van der Waals surface area contributed by atoms with Crippen LogP contribution in [0.25, 0.3) is 0 Å². The van der Waals surface area contributed by atoms with E-state index in [0.29, 0.717) is 30.9 Å². The smallest absolute Gasteiger partial charge is 0.228 e. The van der Waals surface area contributed by atoms with Crippen molar-refractivity contribution in [1.82, 2.24) is 20.8 Å². The minimum Gasteiger partial charge on any atom is -0.378 e. The van der Waals surface area contributed by atoms with Crippen LogP contribution in [0, 0.1) is 5.92 Å². The predicted octanol–water partition coefficient (Wildman–Crippen LogP) is 3.89. The number of rotatable bonds is 11. The highest BCUT2D eigenvalue weighted by Gasteiger charge is 2.24. The lowest BCUT2D eigenvalue weighted by atomic mass is 9.98. The third-order valence-electron chi connectivity index (χ3n) is 4.97. The molecule has 0 saturated heterocycles. The molecule has 8 heteroatoms. The van der Waals surface area contributed by atoms with E-state index >= 15 is 0 Å². The molecule has 1 aliphatic rings. The molecule has 162 valence electrons. The zero-order valence-electron chi connectivity index (χ0n) is 17.9. The lowest BCUT2D eigenvalue weighted by Crippen LogP contribution is -2.38. The van der Waals surface area contributed by atoms with Crippen LogP contribution in [0.1, 0.15) is 77.4 Å². The van der Waals surface area contributed by atoms with Crippen LogP contribution in [0.2, 0.25) is 0 Å². The molecule has 0 aliphatic heterocycles. The number of guanidine groups is 1. The second-order valence-corrected chi connectivity index (χ2v) is 7.47. The predicted molar refractivity (Wildman–Crippen MR) is 123 cm³/mol. The Morgan fingerprint density at radius 1 is 1.25 bits per heavy atom. The van der Waals surface area contributed by atoms with Crippen molar-refractivity contribution in [3.8, 4) is 0 Å². The first-order chi connectivity index (χ1) is 13.1. The van der Waals surface area contributed by atoms with Gasteiger partial charge < -0.3 is 19.9 Å². The fourth-order valence-electron chi connectivity index (χ4n) is 3.54. The average molecular weight is 507 g/mol. The van der Waals surface area contributed by atoms with E-state index in [1.165, 1.54) is 25.7 Å². The molecule has 1 unspecified atom stereocenters. The molecular weight excluding hydrogens is 469 g/mol. The molecule has 2 rings (SSSR count). The maximum atomic E-state index is 5.99. The number of hydrogen-bond acceptors (Lipinski definition) is 5. The number of halogens is 1. The number of ether oxygens (including phenoxy) is 1. The summed E-state index contributed by atoms with van der Waals surface area (Å²) in [6, 6.07) is 0. The third kappa shape index (κ3) is 8.63. The van der Waals surface area contributed by atoms with E-state index in [2.05, 4.69) is 48.5 Å². The van der Waals surface area contributed by atoms with Crippen LogP contribution in [0.4, 0.5) is 0 Å². The van der Waals surface area contributed by atoms with Crippen LogP contribution >= 0.6 is 24.0 Å². The van der Waals surface area contributed by atoms with Crippen molar-refractivity contribution in [2.24, 2.45) is 10.9 Å². The van der Waals surface area contributed by atoms with E-state index in [-0.39, 0.29) is 29.9 Å². The molecule has 1 aromatic rings. The van der Waals surface area contributed by atoms with Crippen LogP contribution in [0.5, 0.6) is 0 Å². The maximum Gasteiger partial charge on any atom is 0.228 e. The maximum absolute atomic E-state index is 5.99. The summed E-state index contributed by atoms with van der Waals surface area (Å²) in [5, 5.41) is 10.7. The van der Waals surface area contributed by atoms with Crippen molar-refractivity contribution in [1.29, 1.82) is 0 Å². The summed E-state index contributed by atoms with van der Waals surface area (Å²) in [5.41, 5.74) is 0. The molecule has 0 bridgehead atoms. The SMILES string of the molecule is CCNC(=NCCC(OCC)C1CCCC1)NCCc1nc(C(C)C)no1.I. The number of hydrogen-bond donors (Lipinski definition) is 2. The van der Waals surface area contributed by atoms with Gasteiger partial charge in [-0.05, 0) is 39.0 Å². The van der Waals surface area contributed by atoms with Gasteiger partial charge in [0.1, 0.15) is 0 Å². The molecule has 0 radical (unpaired) electrons. The minimum absolute atomic E-state index is 0. The lowest BCUT2D eigenvalue weighted by Gasteiger charge is -2.22. The molecule has 2 N–H and O–H groups in total. The first-order valence-corrected chi connectivity index (χ1v) is 10.6. The summed E-state index contributed by atoms with van der Waals surface area (Å²) in [6.45, 7) is 11.4. The topological polar surface area (TPSA) is 84.6 Å². The van der Waals surface area contributed by atoms with E-state index in [1.54, 1.807) is 0 Å². The number of aromatic nitrogens is 2. The second kappa shape index (κ2) is 14.1. The normalized spacial score (nSPS) is 16.2. The largest absolute Gasteiger partial charge is 0.378 e. The quantitative estimate of drug-likeness (QED) is 0.269. The van der Waals surface area contributed by atoms with E-state index in [0.717, 1.165) is 37.9 Å². The van der Waals surface area contributed by atoms with Crippen molar-refractivity contribution in [2.75, 3.05) is 26.2 Å². The van der Waals surface area contributed by atoms with Gasteiger partial charge in [0.15, 0.2) is 11.8 Å². The molecule has 1 aromatic heterocycles. The van der Waals surface area contributed by atoms with E-state index in [4.69, 9.17) is 14.3 Å². The monoisotopic (exact) mass is 507 g/mol. The molecule has 0 aromatic carbocycles. The standard InChI is InChI=1S/C20H37N5O2.HI/c1-5-21-20(23-14-12-18-24-19(15(3)4)25-27-18)22-13-11-17(26-6-2)16-9-7-8-10-16;/h15-17H,5-14H2,1-4H3,(H2,21,22,23);1H. The third-order valence-corrected chi connectivity index (χ3v) is 4.97. The highest BCUT2D eigenvalue weighted by atomic mass is 127. The molecule has 1 fully saturated rings. The molecule has 1 atom stereocenters. The fourth-order valence-corrected chi connectivity index (χ4v) is 3.54. The summed E-state index contributed by atoms with van der Waals surface area (Å²) in [6.07, 6.45) is 7.30. The highest BCUT2D eigenvalue weighted by Crippen LogP contribution is 2.30. The van der Waals surface area contributed by atoms with Gasteiger partial charge in [-0.1, -0.05) is 31.8 Å². The lowest BCUT2D eigenvalue weighted by molar-refractivity contribution is 0.0177. The van der Waals surface area contributed by atoms with Gasteiger partial charge in [0.2, 0.25) is 5.89 Å². The second-order valence-electron chi connectivity index (χ2n) is 7.47. The molecule has 0 amide bonds. The Kier molecular flexibility index (Phi) is 12.7. The Morgan fingerprint density at radius 3 is 2.61 bits per heavy atom. The number of nitrogens with one attached hydrogen (secondary N) is 2. The Balaban J connectivity index is 0.00000392. The Hall–Kier alpha value is -0.900. The summed E-state index contributed by atoms with van der Waals surface area (Å²) in [4.78, 5) is 9.13. The van der Waals surface area contributed by atoms with Crippen LogP contribution in [0.15, 0.2) is 9.52 Å². The van der Waals surface area contributed by atoms with Crippen molar-refractivity contribution in [2.45, 2.75) is 78.2 Å². The molecule has 1 saturated carbocycles. The summed E-state index contributed by atoms with van der Waals surface area (Å²) in [7, 11) is 0. The Bertz CT molecular complexity index is 559. The summed E-state index contributed by atoms with van der Waals surface area (Å²) >= 11 is 0. The van der Waals surface area contributed by atoms with Crippen molar-refractivity contribution in [3.63, 3.8) is 0 Å².